The second kappa shape index (κ2) is 8.30. The number of alkyl halides is 3. The van der Waals surface area contributed by atoms with Gasteiger partial charge in [-0.05, 0) is 47.7 Å². The number of sulfone groups is 1. The number of thioether (sulfide) groups is 1. The number of benzene rings is 1. The first-order valence-corrected chi connectivity index (χ1v) is 11.8. The highest BCUT2D eigenvalue weighted by Crippen LogP contribution is 2.37. The van der Waals surface area contributed by atoms with Gasteiger partial charge in [-0.1, -0.05) is 19.1 Å². The Balaban J connectivity index is 1.89. The maximum Gasteiger partial charge on any atom is 0.446 e. The minimum absolute atomic E-state index is 0.112. The molecule has 0 radical (unpaired) electrons. The van der Waals surface area contributed by atoms with Crippen molar-refractivity contribution in [2.45, 2.75) is 22.2 Å². The molecule has 0 bridgehead atoms. The van der Waals surface area contributed by atoms with Crippen LogP contribution in [0.4, 0.5) is 17.6 Å². The molecule has 0 saturated heterocycles. The fourth-order valence-corrected chi connectivity index (χ4v) is 4.67. The van der Waals surface area contributed by atoms with Crippen LogP contribution in [0.5, 0.6) is 0 Å². The zero-order valence-corrected chi connectivity index (χ0v) is 18.4. The number of pyridine rings is 2. The molecule has 0 N–H and O–H groups in total. The number of fused-ring (bicyclic) bond motifs is 1. The van der Waals surface area contributed by atoms with E-state index in [1.165, 1.54) is 43.5 Å². The van der Waals surface area contributed by atoms with Gasteiger partial charge in [0.1, 0.15) is 10.7 Å². The molecule has 33 heavy (non-hydrogen) atoms. The van der Waals surface area contributed by atoms with Crippen molar-refractivity contribution in [1.29, 1.82) is 0 Å². The Morgan fingerprint density at radius 1 is 1.06 bits per heavy atom. The molecule has 0 aliphatic rings. The minimum atomic E-state index is -4.53. The molecule has 3 heterocycles. The van der Waals surface area contributed by atoms with Gasteiger partial charge in [-0.15, -0.1) is 5.10 Å². The Morgan fingerprint density at radius 3 is 2.39 bits per heavy atom. The first kappa shape index (κ1) is 23.0. The molecule has 0 fully saturated rings. The van der Waals surface area contributed by atoms with Gasteiger partial charge in [0.15, 0.2) is 21.3 Å². The molecule has 7 nitrogen and oxygen atoms in total. The summed E-state index contributed by atoms with van der Waals surface area (Å²) in [5, 5.41) is 4.01. The quantitative estimate of drug-likeness (QED) is 0.304. The van der Waals surface area contributed by atoms with E-state index < -0.39 is 26.9 Å². The maximum atomic E-state index is 13.3. The van der Waals surface area contributed by atoms with Crippen LogP contribution in [0.2, 0.25) is 0 Å². The predicted octanol–water partition coefficient (Wildman–Crippen LogP) is 4.09. The van der Waals surface area contributed by atoms with Gasteiger partial charge in [-0.25, -0.2) is 27.0 Å². The standard InChI is InChI=1S/C20H14F4N4O3S2/c1-2-33(30,31)16-9-13(12-3-5-14(21)6-4-12)11-25-18(16)28-19(29)27-8-7-15(10-17(27)26-28)32-20(22,23)24/h3-11H,2H2,1H3. The Morgan fingerprint density at radius 2 is 1.76 bits per heavy atom. The summed E-state index contributed by atoms with van der Waals surface area (Å²) in [4.78, 5) is 16.5. The van der Waals surface area contributed by atoms with E-state index in [1.54, 1.807) is 0 Å². The van der Waals surface area contributed by atoms with E-state index in [-0.39, 0.29) is 38.8 Å². The van der Waals surface area contributed by atoms with E-state index in [0.717, 1.165) is 27.4 Å². The molecule has 1 aromatic carbocycles. The van der Waals surface area contributed by atoms with Crippen molar-refractivity contribution < 1.29 is 26.0 Å². The zero-order valence-electron chi connectivity index (χ0n) is 16.7. The Hall–Kier alpha value is -3.19. The molecule has 4 aromatic rings. The molecule has 13 heteroatoms. The monoisotopic (exact) mass is 498 g/mol. The summed E-state index contributed by atoms with van der Waals surface area (Å²) in [5.41, 5.74) is -4.58. The molecule has 4 rings (SSSR count). The second-order valence-corrected chi connectivity index (χ2v) is 10.2. The summed E-state index contributed by atoms with van der Waals surface area (Å²) in [7, 11) is -3.90. The van der Waals surface area contributed by atoms with Gasteiger partial charge in [0.2, 0.25) is 0 Å². The number of hydrogen-bond acceptors (Lipinski definition) is 6. The van der Waals surface area contributed by atoms with Crippen molar-refractivity contribution in [2.24, 2.45) is 0 Å². The van der Waals surface area contributed by atoms with Crippen molar-refractivity contribution in [3.63, 3.8) is 0 Å². The lowest BCUT2D eigenvalue weighted by Gasteiger charge is -2.10. The highest BCUT2D eigenvalue weighted by Gasteiger charge is 2.30. The molecule has 0 unspecified atom stereocenters. The molecule has 0 spiro atoms. The van der Waals surface area contributed by atoms with Crippen molar-refractivity contribution >= 4 is 27.2 Å². The van der Waals surface area contributed by atoms with Crippen LogP contribution in [0.25, 0.3) is 22.6 Å². The fraction of sp³-hybridized carbons (Fsp3) is 0.150. The fourth-order valence-electron chi connectivity index (χ4n) is 3.07. The smallest absolute Gasteiger partial charge is 0.250 e. The molecule has 3 aromatic heterocycles. The number of aromatic nitrogens is 4. The number of halogens is 4. The Bertz CT molecular complexity index is 1510. The van der Waals surface area contributed by atoms with Gasteiger partial charge in [0, 0.05) is 22.9 Å². The predicted molar refractivity (Wildman–Crippen MR) is 114 cm³/mol. The lowest BCUT2D eigenvalue weighted by Crippen LogP contribution is -2.23. The summed E-state index contributed by atoms with van der Waals surface area (Å²) in [6.45, 7) is 1.41. The largest absolute Gasteiger partial charge is 0.446 e. The number of nitrogens with zero attached hydrogens (tertiary/aromatic N) is 4. The van der Waals surface area contributed by atoms with E-state index >= 15 is 0 Å². The first-order valence-electron chi connectivity index (χ1n) is 9.35. The topological polar surface area (TPSA) is 86.3 Å². The third-order valence-corrected chi connectivity index (χ3v) is 7.11. The summed E-state index contributed by atoms with van der Waals surface area (Å²) in [5.74, 6) is -1.06. The minimum Gasteiger partial charge on any atom is -0.250 e. The SMILES string of the molecule is CCS(=O)(=O)c1cc(-c2ccc(F)cc2)cnc1-n1nc2cc(SC(F)(F)F)ccn2c1=O. The Kier molecular flexibility index (Phi) is 5.78. The molecule has 0 aliphatic carbocycles. The van der Waals surface area contributed by atoms with E-state index in [1.807, 2.05) is 0 Å². The van der Waals surface area contributed by atoms with Crippen molar-refractivity contribution in [2.75, 3.05) is 5.75 Å². The van der Waals surface area contributed by atoms with Crippen LogP contribution >= 0.6 is 11.8 Å². The van der Waals surface area contributed by atoms with Crippen LogP contribution in [0, 0.1) is 5.82 Å². The second-order valence-electron chi connectivity index (χ2n) is 6.79. The van der Waals surface area contributed by atoms with Crippen LogP contribution in [0.15, 0.2) is 69.4 Å². The van der Waals surface area contributed by atoms with Crippen LogP contribution in [-0.4, -0.2) is 38.8 Å². The van der Waals surface area contributed by atoms with Gasteiger partial charge >= 0.3 is 11.2 Å². The van der Waals surface area contributed by atoms with E-state index in [2.05, 4.69) is 10.1 Å². The lowest BCUT2D eigenvalue weighted by atomic mass is 10.1. The third-order valence-electron chi connectivity index (χ3n) is 4.66. The average Bonchev–Trinajstić information content (AvgIpc) is 3.08. The number of hydrogen-bond donors (Lipinski definition) is 0. The van der Waals surface area contributed by atoms with Gasteiger partial charge in [0.05, 0.1) is 5.75 Å². The van der Waals surface area contributed by atoms with E-state index in [9.17, 15) is 30.8 Å². The molecular weight excluding hydrogens is 484 g/mol. The first-order chi connectivity index (χ1) is 15.5. The van der Waals surface area contributed by atoms with Crippen LogP contribution < -0.4 is 5.69 Å². The zero-order chi connectivity index (χ0) is 24.0. The summed E-state index contributed by atoms with van der Waals surface area (Å²) in [6.07, 6.45) is 2.43. The molecular formula is C20H14F4N4O3S2. The van der Waals surface area contributed by atoms with Crippen molar-refractivity contribution in [3.05, 3.63) is 71.2 Å². The maximum absolute atomic E-state index is 13.3. The van der Waals surface area contributed by atoms with Gasteiger partial charge < -0.3 is 0 Å². The summed E-state index contributed by atoms with van der Waals surface area (Å²) >= 11 is -0.365. The highest BCUT2D eigenvalue weighted by atomic mass is 32.2. The summed E-state index contributed by atoms with van der Waals surface area (Å²) in [6, 6.07) is 8.79. The van der Waals surface area contributed by atoms with Crippen LogP contribution in [0.1, 0.15) is 6.92 Å². The Labute approximate surface area is 188 Å². The van der Waals surface area contributed by atoms with Crippen molar-refractivity contribution in [1.82, 2.24) is 19.2 Å². The van der Waals surface area contributed by atoms with E-state index in [0.29, 0.717) is 11.1 Å². The molecule has 0 atom stereocenters. The number of rotatable bonds is 5. The average molecular weight is 498 g/mol. The molecule has 172 valence electrons. The molecule has 0 aliphatic heterocycles. The highest BCUT2D eigenvalue weighted by molar-refractivity contribution is 8.00. The van der Waals surface area contributed by atoms with E-state index in [4.69, 9.17) is 0 Å². The van der Waals surface area contributed by atoms with Gasteiger partial charge in [0.25, 0.3) is 0 Å². The van der Waals surface area contributed by atoms with Crippen LogP contribution in [-0.2, 0) is 9.84 Å². The third kappa shape index (κ3) is 4.64. The summed E-state index contributed by atoms with van der Waals surface area (Å²) < 4.78 is 78.6. The van der Waals surface area contributed by atoms with Gasteiger partial charge in [-0.3, -0.25) is 0 Å². The molecule has 0 amide bonds. The normalized spacial score (nSPS) is 12.4. The van der Waals surface area contributed by atoms with Crippen molar-refractivity contribution in [3.8, 4) is 16.9 Å². The van der Waals surface area contributed by atoms with Gasteiger partial charge in [-0.2, -0.15) is 17.9 Å². The molecule has 0 saturated carbocycles. The lowest BCUT2D eigenvalue weighted by molar-refractivity contribution is -0.0328. The van der Waals surface area contributed by atoms with Crippen LogP contribution in [0.3, 0.4) is 0 Å².